The van der Waals surface area contributed by atoms with Gasteiger partial charge in [0.2, 0.25) is 5.91 Å². The zero-order valence-corrected chi connectivity index (χ0v) is 16.5. The lowest BCUT2D eigenvalue weighted by Crippen LogP contribution is -2.31. The number of rotatable bonds is 5. The molecule has 2 heterocycles. The molecule has 0 bridgehead atoms. The lowest BCUT2D eigenvalue weighted by Gasteiger charge is -2.14. The van der Waals surface area contributed by atoms with E-state index in [2.05, 4.69) is 20.6 Å². The van der Waals surface area contributed by atoms with Crippen LogP contribution in [0.25, 0.3) is 10.2 Å². The van der Waals surface area contributed by atoms with E-state index in [1.807, 2.05) is 25.1 Å². The fraction of sp³-hybridized carbons (Fsp3) is 0.368. The Balaban J connectivity index is 1.40. The van der Waals surface area contributed by atoms with E-state index in [1.54, 1.807) is 10.9 Å². The Morgan fingerprint density at radius 3 is 2.85 bits per heavy atom. The number of anilines is 1. The molecule has 1 atom stereocenters. The molecule has 1 aromatic carbocycles. The van der Waals surface area contributed by atoms with Crippen molar-refractivity contribution in [2.24, 2.45) is 5.92 Å². The first kappa shape index (κ1) is 18.1. The Kier molecular flexibility index (Phi) is 5.18. The second-order valence-electron chi connectivity index (χ2n) is 6.77. The molecule has 8 heteroatoms. The highest BCUT2D eigenvalue weighted by molar-refractivity contribution is 7.16. The van der Waals surface area contributed by atoms with Crippen LogP contribution in [0.15, 0.2) is 29.1 Å². The van der Waals surface area contributed by atoms with Gasteiger partial charge in [-0.15, -0.1) is 22.7 Å². The van der Waals surface area contributed by atoms with Crippen molar-refractivity contribution >= 4 is 50.4 Å². The van der Waals surface area contributed by atoms with Crippen LogP contribution in [0.3, 0.4) is 0 Å². The minimum atomic E-state index is -0.254. The largest absolute Gasteiger partial charge is 0.347 e. The summed E-state index contributed by atoms with van der Waals surface area (Å²) in [6.45, 7) is 1.91. The van der Waals surface area contributed by atoms with Crippen LogP contribution < -0.4 is 10.6 Å². The molecule has 27 heavy (non-hydrogen) atoms. The quantitative estimate of drug-likeness (QED) is 0.666. The highest BCUT2D eigenvalue weighted by Crippen LogP contribution is 2.27. The lowest BCUT2D eigenvalue weighted by molar-refractivity contribution is -0.125. The highest BCUT2D eigenvalue weighted by Gasteiger charge is 2.25. The second kappa shape index (κ2) is 7.74. The van der Waals surface area contributed by atoms with Gasteiger partial charge in [0.15, 0.2) is 0 Å². The van der Waals surface area contributed by atoms with Gasteiger partial charge < -0.3 is 10.6 Å². The van der Waals surface area contributed by atoms with Gasteiger partial charge in [-0.1, -0.05) is 12.8 Å². The van der Waals surface area contributed by atoms with Crippen LogP contribution >= 0.6 is 22.7 Å². The number of carbonyl (C=O) groups is 2. The van der Waals surface area contributed by atoms with Crippen molar-refractivity contribution in [3.05, 3.63) is 39.8 Å². The zero-order valence-electron chi connectivity index (χ0n) is 14.9. The molecule has 4 rings (SSSR count). The fourth-order valence-electron chi connectivity index (χ4n) is 3.30. The molecular weight excluding hydrogens is 380 g/mol. The summed E-state index contributed by atoms with van der Waals surface area (Å²) in [4.78, 5) is 33.4. The van der Waals surface area contributed by atoms with Gasteiger partial charge in [0, 0.05) is 17.0 Å². The van der Waals surface area contributed by atoms with E-state index in [9.17, 15) is 9.59 Å². The lowest BCUT2D eigenvalue weighted by atomic mass is 10.1. The smallest absolute Gasteiger partial charge is 0.275 e. The summed E-state index contributed by atoms with van der Waals surface area (Å²) in [5, 5.41) is 8.37. The van der Waals surface area contributed by atoms with Gasteiger partial charge in [-0.25, -0.2) is 9.97 Å². The third-order valence-corrected chi connectivity index (χ3v) is 6.62. The van der Waals surface area contributed by atoms with Crippen LogP contribution in [0.5, 0.6) is 0 Å². The number of thiazole rings is 2. The zero-order chi connectivity index (χ0) is 18.8. The van der Waals surface area contributed by atoms with Crippen molar-refractivity contribution in [1.82, 2.24) is 15.3 Å². The summed E-state index contributed by atoms with van der Waals surface area (Å²) in [6, 6.07) is 5.42. The Morgan fingerprint density at radius 2 is 2.04 bits per heavy atom. The van der Waals surface area contributed by atoms with Crippen molar-refractivity contribution in [3.63, 3.8) is 0 Å². The van der Waals surface area contributed by atoms with Crippen molar-refractivity contribution in [3.8, 4) is 0 Å². The van der Waals surface area contributed by atoms with Gasteiger partial charge >= 0.3 is 0 Å². The molecule has 0 unspecified atom stereocenters. The van der Waals surface area contributed by atoms with E-state index in [1.165, 1.54) is 22.7 Å². The molecule has 3 aromatic rings. The maximum absolute atomic E-state index is 12.5. The molecule has 0 radical (unpaired) electrons. The normalized spacial score (nSPS) is 15.7. The number of aromatic nitrogens is 2. The average Bonchev–Trinajstić information content (AvgIpc) is 3.41. The number of benzene rings is 1. The van der Waals surface area contributed by atoms with Crippen molar-refractivity contribution in [2.45, 2.75) is 38.6 Å². The summed E-state index contributed by atoms with van der Waals surface area (Å²) >= 11 is 2.92. The van der Waals surface area contributed by atoms with E-state index in [-0.39, 0.29) is 23.8 Å². The molecule has 2 N–H and O–H groups in total. The van der Waals surface area contributed by atoms with Gasteiger partial charge in [-0.2, -0.15) is 0 Å². The summed E-state index contributed by atoms with van der Waals surface area (Å²) in [5.74, 6) is -0.0356. The first-order valence-electron chi connectivity index (χ1n) is 9.00. The van der Waals surface area contributed by atoms with Crippen molar-refractivity contribution in [2.75, 3.05) is 5.32 Å². The first-order valence-corrected chi connectivity index (χ1v) is 10.8. The molecule has 0 saturated heterocycles. The number of carbonyl (C=O) groups excluding carboxylic acids is 2. The molecule has 1 saturated carbocycles. The second-order valence-corrected chi connectivity index (χ2v) is 8.55. The Bertz CT molecular complexity index is 975. The molecule has 1 aliphatic rings. The van der Waals surface area contributed by atoms with Crippen LogP contribution in [0, 0.1) is 5.92 Å². The molecular formula is C19H20N4O2S2. The van der Waals surface area contributed by atoms with E-state index < -0.39 is 0 Å². The van der Waals surface area contributed by atoms with Crippen LogP contribution in [-0.4, -0.2) is 21.8 Å². The van der Waals surface area contributed by atoms with Gasteiger partial charge in [-0.05, 0) is 38.0 Å². The van der Waals surface area contributed by atoms with Crippen LogP contribution in [0.2, 0.25) is 0 Å². The SMILES string of the molecule is C[C@@H](NC(=O)C1CCCC1)c1nc(C(=O)Nc2ccc3ncsc3c2)cs1. The number of amides is 2. The van der Waals surface area contributed by atoms with E-state index in [4.69, 9.17) is 0 Å². The summed E-state index contributed by atoms with van der Waals surface area (Å²) in [5.41, 5.74) is 3.78. The molecule has 2 aromatic heterocycles. The minimum Gasteiger partial charge on any atom is -0.347 e. The van der Waals surface area contributed by atoms with E-state index >= 15 is 0 Å². The molecule has 1 aliphatic carbocycles. The van der Waals surface area contributed by atoms with Gasteiger partial charge in [0.1, 0.15) is 10.7 Å². The molecule has 0 spiro atoms. The number of hydrogen-bond donors (Lipinski definition) is 2. The first-order chi connectivity index (χ1) is 13.1. The summed E-state index contributed by atoms with van der Waals surface area (Å²) < 4.78 is 1.02. The number of nitrogens with one attached hydrogen (secondary N) is 2. The van der Waals surface area contributed by atoms with Gasteiger partial charge in [0.05, 0.1) is 21.8 Å². The topological polar surface area (TPSA) is 84.0 Å². The standard InChI is InChI=1S/C19H20N4O2S2/c1-11(21-17(24)12-4-2-3-5-12)19-23-15(9-26-19)18(25)22-13-6-7-14-16(8-13)27-10-20-14/h6-12H,2-5H2,1H3,(H,21,24)(H,22,25)/t11-/m1/s1. The highest BCUT2D eigenvalue weighted by atomic mass is 32.1. The summed E-state index contributed by atoms with van der Waals surface area (Å²) in [6.07, 6.45) is 4.19. The number of nitrogens with zero attached hydrogens (tertiary/aromatic N) is 2. The molecule has 0 aliphatic heterocycles. The monoisotopic (exact) mass is 400 g/mol. The van der Waals surface area contributed by atoms with Gasteiger partial charge in [-0.3, -0.25) is 9.59 Å². The molecule has 140 valence electrons. The number of fused-ring (bicyclic) bond motifs is 1. The maximum Gasteiger partial charge on any atom is 0.275 e. The minimum absolute atomic E-state index is 0.0964. The van der Waals surface area contributed by atoms with Crippen molar-refractivity contribution < 1.29 is 9.59 Å². The number of hydrogen-bond acceptors (Lipinski definition) is 6. The van der Waals surface area contributed by atoms with Gasteiger partial charge in [0.25, 0.3) is 5.91 Å². The maximum atomic E-state index is 12.5. The van der Waals surface area contributed by atoms with Crippen LogP contribution in [-0.2, 0) is 4.79 Å². The predicted molar refractivity (Wildman–Crippen MR) is 108 cm³/mol. The van der Waals surface area contributed by atoms with E-state index in [0.29, 0.717) is 11.4 Å². The third-order valence-electron chi connectivity index (χ3n) is 4.80. The Morgan fingerprint density at radius 1 is 1.22 bits per heavy atom. The van der Waals surface area contributed by atoms with Crippen molar-refractivity contribution in [1.29, 1.82) is 0 Å². The van der Waals surface area contributed by atoms with Crippen LogP contribution in [0.1, 0.15) is 54.1 Å². The molecule has 2 amide bonds. The third kappa shape index (κ3) is 4.01. The fourth-order valence-corrected chi connectivity index (χ4v) is 4.82. The molecule has 1 fully saturated rings. The average molecular weight is 401 g/mol. The summed E-state index contributed by atoms with van der Waals surface area (Å²) in [7, 11) is 0. The Hall–Kier alpha value is -2.32. The predicted octanol–water partition coefficient (Wildman–Crippen LogP) is 4.37. The van der Waals surface area contributed by atoms with Crippen LogP contribution in [0.4, 0.5) is 5.69 Å². The van der Waals surface area contributed by atoms with E-state index in [0.717, 1.165) is 40.9 Å². The molecule has 6 nitrogen and oxygen atoms in total. The Labute approximate surface area is 165 Å².